The predicted octanol–water partition coefficient (Wildman–Crippen LogP) is 3.01. The highest BCUT2D eigenvalue weighted by molar-refractivity contribution is 7.93. The van der Waals surface area contributed by atoms with Crippen LogP contribution in [0.5, 0.6) is 11.5 Å². The largest absolute Gasteiger partial charge is 0.497 e. The van der Waals surface area contributed by atoms with E-state index in [1.54, 1.807) is 55.1 Å². The number of esters is 1. The van der Waals surface area contributed by atoms with Crippen molar-refractivity contribution < 1.29 is 32.2 Å². The maximum Gasteiger partial charge on any atom is 0.309 e. The van der Waals surface area contributed by atoms with Gasteiger partial charge in [-0.25, -0.2) is 8.42 Å². The number of amides is 1. The van der Waals surface area contributed by atoms with Gasteiger partial charge < -0.3 is 19.1 Å². The van der Waals surface area contributed by atoms with Crippen LogP contribution in [0.3, 0.4) is 0 Å². The number of anilines is 1. The number of methoxy groups -OCH3 is 2. The summed E-state index contributed by atoms with van der Waals surface area (Å²) in [4.78, 5) is 26.9. The van der Waals surface area contributed by atoms with Crippen LogP contribution in [0.4, 0.5) is 5.69 Å². The van der Waals surface area contributed by atoms with Gasteiger partial charge in [0.2, 0.25) is 5.91 Å². The fourth-order valence-corrected chi connectivity index (χ4v) is 5.68. The summed E-state index contributed by atoms with van der Waals surface area (Å²) in [5, 5.41) is 0. The third kappa shape index (κ3) is 6.05. The molecule has 0 N–H and O–H groups in total. The van der Waals surface area contributed by atoms with Crippen molar-refractivity contribution in [1.29, 1.82) is 0 Å². The van der Waals surface area contributed by atoms with Crippen molar-refractivity contribution in [2.45, 2.75) is 31.6 Å². The molecule has 2 aromatic carbocycles. The maximum absolute atomic E-state index is 13.9. The van der Waals surface area contributed by atoms with Gasteiger partial charge in [-0.05, 0) is 56.5 Å². The Morgan fingerprint density at radius 3 is 2.40 bits per heavy atom. The van der Waals surface area contributed by atoms with Crippen LogP contribution in [0.15, 0.2) is 47.4 Å². The summed E-state index contributed by atoms with van der Waals surface area (Å²) >= 11 is 0. The summed E-state index contributed by atoms with van der Waals surface area (Å²) in [6, 6.07) is 11.4. The van der Waals surface area contributed by atoms with Gasteiger partial charge in [0.1, 0.15) is 22.9 Å². The first-order chi connectivity index (χ1) is 16.7. The highest BCUT2D eigenvalue weighted by Gasteiger charge is 2.34. The molecular formula is C25H32N2O7S. The molecule has 1 aliphatic heterocycles. The smallest absolute Gasteiger partial charge is 0.309 e. The number of aryl methyl sites for hydroxylation is 1. The summed E-state index contributed by atoms with van der Waals surface area (Å²) in [5.41, 5.74) is 1.03. The van der Waals surface area contributed by atoms with Crippen LogP contribution in [0.2, 0.25) is 0 Å². The highest BCUT2D eigenvalue weighted by atomic mass is 32.2. The van der Waals surface area contributed by atoms with Crippen LogP contribution < -0.4 is 13.8 Å². The van der Waals surface area contributed by atoms with Crippen LogP contribution in [-0.2, 0) is 24.3 Å². The molecule has 0 spiro atoms. The molecular weight excluding hydrogens is 472 g/mol. The van der Waals surface area contributed by atoms with Gasteiger partial charge in [-0.2, -0.15) is 0 Å². The number of carbonyl (C=O) groups excluding carboxylic acids is 2. The lowest BCUT2D eigenvalue weighted by atomic mass is 9.97. The van der Waals surface area contributed by atoms with Gasteiger partial charge in [0.05, 0.1) is 32.4 Å². The second-order valence-electron chi connectivity index (χ2n) is 8.27. The minimum Gasteiger partial charge on any atom is -0.497 e. The Kier molecular flexibility index (Phi) is 8.61. The first-order valence-electron chi connectivity index (χ1n) is 11.5. The minimum absolute atomic E-state index is 0.0309. The summed E-state index contributed by atoms with van der Waals surface area (Å²) in [6.07, 6.45) is 0.949. The number of sulfonamides is 1. The molecule has 35 heavy (non-hydrogen) atoms. The molecule has 1 aliphatic rings. The number of likely N-dealkylation sites (tertiary alicyclic amines) is 1. The summed E-state index contributed by atoms with van der Waals surface area (Å²) in [6.45, 7) is 4.15. The summed E-state index contributed by atoms with van der Waals surface area (Å²) in [7, 11) is -1.29. The van der Waals surface area contributed by atoms with Crippen molar-refractivity contribution in [3.05, 3.63) is 48.0 Å². The van der Waals surface area contributed by atoms with E-state index in [9.17, 15) is 18.0 Å². The zero-order valence-electron chi connectivity index (χ0n) is 20.5. The van der Waals surface area contributed by atoms with Crippen molar-refractivity contribution in [3.63, 3.8) is 0 Å². The fourth-order valence-electron chi connectivity index (χ4n) is 4.03. The number of hydrogen-bond acceptors (Lipinski definition) is 7. The SMILES string of the molecule is CCOC(=O)C1CCN(C(=O)CN(c2cccc(OC)c2)S(=O)(=O)c2cc(C)ccc2OC)CC1. The van der Waals surface area contributed by atoms with Gasteiger partial charge >= 0.3 is 5.97 Å². The van der Waals surface area contributed by atoms with Gasteiger partial charge in [-0.3, -0.25) is 13.9 Å². The average molecular weight is 505 g/mol. The Labute approximate surface area is 206 Å². The topological polar surface area (TPSA) is 102 Å². The van der Waals surface area contributed by atoms with Gasteiger partial charge in [-0.15, -0.1) is 0 Å². The summed E-state index contributed by atoms with van der Waals surface area (Å²) in [5.74, 6) is -0.223. The molecule has 9 nitrogen and oxygen atoms in total. The third-order valence-electron chi connectivity index (χ3n) is 5.97. The molecule has 0 radical (unpaired) electrons. The molecule has 1 saturated heterocycles. The van der Waals surface area contributed by atoms with Crippen LogP contribution in [0.25, 0.3) is 0 Å². The Hall–Kier alpha value is -3.27. The molecule has 10 heteroatoms. The monoisotopic (exact) mass is 504 g/mol. The Morgan fingerprint density at radius 2 is 1.77 bits per heavy atom. The lowest BCUT2D eigenvalue weighted by Crippen LogP contribution is -2.46. The quantitative estimate of drug-likeness (QED) is 0.484. The van der Waals surface area contributed by atoms with E-state index >= 15 is 0 Å². The molecule has 3 rings (SSSR count). The number of ether oxygens (including phenoxy) is 3. The Balaban J connectivity index is 1.91. The molecule has 0 aromatic heterocycles. The van der Waals surface area contributed by atoms with Gasteiger partial charge in [0.15, 0.2) is 0 Å². The van der Waals surface area contributed by atoms with E-state index in [2.05, 4.69) is 0 Å². The molecule has 0 bridgehead atoms. The standard InChI is InChI=1S/C25H32N2O7S/c1-5-34-25(29)19-11-13-26(14-12-19)24(28)17-27(20-7-6-8-21(16-20)32-3)35(30,31)23-15-18(2)9-10-22(23)33-4/h6-10,15-16,19H,5,11-14,17H2,1-4H3. The number of benzene rings is 2. The summed E-state index contributed by atoms with van der Waals surface area (Å²) < 4.78 is 44.5. The normalized spacial score (nSPS) is 14.3. The Bertz CT molecular complexity index is 1160. The first kappa shape index (κ1) is 26.3. The number of carbonyl (C=O) groups is 2. The second-order valence-corrected chi connectivity index (χ2v) is 10.1. The molecule has 0 aliphatic carbocycles. The van der Waals surface area contributed by atoms with Gasteiger partial charge in [0.25, 0.3) is 10.0 Å². The number of hydrogen-bond donors (Lipinski definition) is 0. The van der Waals surface area contributed by atoms with Crippen molar-refractivity contribution in [1.82, 2.24) is 4.90 Å². The van der Waals surface area contributed by atoms with Crippen LogP contribution in [0.1, 0.15) is 25.3 Å². The molecule has 1 fully saturated rings. The zero-order valence-corrected chi connectivity index (χ0v) is 21.3. The van der Waals surface area contributed by atoms with Gasteiger partial charge in [-0.1, -0.05) is 12.1 Å². The average Bonchev–Trinajstić information content (AvgIpc) is 2.87. The number of rotatable bonds is 9. The van der Waals surface area contributed by atoms with E-state index in [0.717, 1.165) is 9.87 Å². The number of piperidine rings is 1. The minimum atomic E-state index is -4.18. The molecule has 190 valence electrons. The van der Waals surface area contributed by atoms with Crippen LogP contribution in [0, 0.1) is 12.8 Å². The number of nitrogens with zero attached hydrogens (tertiary/aromatic N) is 2. The van der Waals surface area contributed by atoms with Crippen molar-refractivity contribution in [3.8, 4) is 11.5 Å². The van der Waals surface area contributed by atoms with E-state index in [-0.39, 0.29) is 28.4 Å². The maximum atomic E-state index is 13.9. The molecule has 1 heterocycles. The van der Waals surface area contributed by atoms with Crippen molar-refractivity contribution in [2.75, 3.05) is 44.8 Å². The third-order valence-corrected chi connectivity index (χ3v) is 7.77. The van der Waals surface area contributed by atoms with Crippen LogP contribution in [-0.4, -0.2) is 65.7 Å². The van der Waals surface area contributed by atoms with Gasteiger partial charge in [0, 0.05) is 19.2 Å². The molecule has 2 aromatic rings. The fraction of sp³-hybridized carbons (Fsp3) is 0.440. The van der Waals surface area contributed by atoms with E-state index in [4.69, 9.17) is 14.2 Å². The lowest BCUT2D eigenvalue weighted by Gasteiger charge is -2.33. The highest BCUT2D eigenvalue weighted by Crippen LogP contribution is 2.32. The van der Waals surface area contributed by atoms with E-state index < -0.39 is 16.6 Å². The first-order valence-corrected chi connectivity index (χ1v) is 12.9. The Morgan fingerprint density at radius 1 is 1.06 bits per heavy atom. The molecule has 0 saturated carbocycles. The van der Waals surface area contributed by atoms with E-state index in [0.29, 0.717) is 44.0 Å². The molecule has 1 amide bonds. The predicted molar refractivity (Wildman–Crippen MR) is 131 cm³/mol. The van der Waals surface area contributed by atoms with Crippen molar-refractivity contribution in [2.24, 2.45) is 5.92 Å². The second kappa shape index (κ2) is 11.4. The van der Waals surface area contributed by atoms with E-state index in [1.165, 1.54) is 20.3 Å². The zero-order chi connectivity index (χ0) is 25.6. The van der Waals surface area contributed by atoms with Crippen LogP contribution >= 0.6 is 0 Å². The van der Waals surface area contributed by atoms with Crippen molar-refractivity contribution >= 4 is 27.6 Å². The molecule has 0 atom stereocenters. The lowest BCUT2D eigenvalue weighted by molar-refractivity contribution is -0.151. The van der Waals surface area contributed by atoms with E-state index in [1.807, 2.05) is 0 Å². The molecule has 0 unspecified atom stereocenters.